The summed E-state index contributed by atoms with van der Waals surface area (Å²) in [6.45, 7) is 9.18. The summed E-state index contributed by atoms with van der Waals surface area (Å²) in [5.41, 5.74) is 1.21. The van der Waals surface area contributed by atoms with Crippen molar-refractivity contribution in [3.8, 4) is 0 Å². The number of hydrogen-bond acceptors (Lipinski definition) is 1. The minimum atomic E-state index is 0. The first-order chi connectivity index (χ1) is 6.38. The minimum Gasteiger partial charge on any atom is -1.00 e. The molecule has 0 bridgehead atoms. The number of anilines is 1. The van der Waals surface area contributed by atoms with Crippen molar-refractivity contribution in [2.24, 2.45) is 0 Å². The summed E-state index contributed by atoms with van der Waals surface area (Å²) in [6, 6.07) is 10.3. The van der Waals surface area contributed by atoms with Crippen LogP contribution in [0.15, 0.2) is 55.6 Å². The van der Waals surface area contributed by atoms with Crippen LogP contribution in [0.25, 0.3) is 0 Å². The first-order valence-corrected chi connectivity index (χ1v) is 4.40. The molecule has 1 rings (SSSR count). The van der Waals surface area contributed by atoms with E-state index in [-0.39, 0.29) is 20.3 Å². The Hall–Kier alpha value is -0.903. The van der Waals surface area contributed by atoms with Gasteiger partial charge in [-0.25, -0.2) is 0 Å². The average Bonchev–Trinajstić information content (AvgIpc) is 2.19. The van der Waals surface area contributed by atoms with Crippen molar-refractivity contribution in [3.63, 3.8) is 0 Å². The van der Waals surface area contributed by atoms with Gasteiger partial charge in [-0.05, 0) is 12.1 Å². The van der Waals surface area contributed by atoms with E-state index in [2.05, 4.69) is 30.2 Å². The van der Waals surface area contributed by atoms with Gasteiger partial charge in [-0.15, -0.1) is 13.2 Å². The van der Waals surface area contributed by atoms with E-state index in [4.69, 9.17) is 0 Å². The van der Waals surface area contributed by atoms with E-state index in [9.17, 15) is 0 Å². The monoisotopic (exact) mass is 181 g/mol. The van der Waals surface area contributed by atoms with Crippen molar-refractivity contribution in [2.75, 3.05) is 18.0 Å². The van der Waals surface area contributed by atoms with Crippen LogP contribution in [0.5, 0.6) is 0 Å². The molecule has 0 amide bonds. The third-order valence-corrected chi connectivity index (χ3v) is 1.82. The van der Waals surface area contributed by atoms with Crippen LogP contribution in [0.1, 0.15) is 1.43 Å². The fourth-order valence-electron chi connectivity index (χ4n) is 1.24. The summed E-state index contributed by atoms with van der Waals surface area (Å²) >= 11 is 0. The number of hydrogen-bond donors (Lipinski definition) is 0. The van der Waals surface area contributed by atoms with E-state index in [1.54, 1.807) is 0 Å². The third kappa shape index (κ3) is 3.87. The van der Waals surface area contributed by atoms with Gasteiger partial charge in [0.2, 0.25) is 0 Å². The Balaban J connectivity index is 0. The van der Waals surface area contributed by atoms with Crippen molar-refractivity contribution in [1.82, 2.24) is 0 Å². The SMILES string of the molecule is C=CCN(CC=C)c1ccccc1.[H-].[Li+]. The van der Waals surface area contributed by atoms with Crippen LogP contribution in [0.3, 0.4) is 0 Å². The zero-order valence-electron chi connectivity index (χ0n) is 9.82. The zero-order valence-corrected chi connectivity index (χ0v) is 8.82. The Morgan fingerprint density at radius 1 is 1.07 bits per heavy atom. The summed E-state index contributed by atoms with van der Waals surface area (Å²) in [4.78, 5) is 2.21. The van der Waals surface area contributed by atoms with Gasteiger partial charge in [0, 0.05) is 18.8 Å². The first kappa shape index (κ1) is 13.1. The summed E-state index contributed by atoms with van der Waals surface area (Å²) in [6.07, 6.45) is 3.80. The topological polar surface area (TPSA) is 3.24 Å². The molecule has 70 valence electrons. The standard InChI is InChI=1S/C12H15N.Li.H/c1-3-10-13(11-4-2)12-8-6-5-7-9-12;;/h3-9H,1-2,10-11H2;;/q;+1;-1. The molecule has 1 nitrogen and oxygen atoms in total. The first-order valence-electron chi connectivity index (χ1n) is 4.40. The van der Waals surface area contributed by atoms with Crippen LogP contribution in [0, 0.1) is 0 Å². The summed E-state index contributed by atoms with van der Waals surface area (Å²) < 4.78 is 0. The molecule has 0 N–H and O–H groups in total. The smallest absolute Gasteiger partial charge is 1.00 e. The Labute approximate surface area is 99.8 Å². The number of para-hydroxylation sites is 1. The molecule has 2 heteroatoms. The van der Waals surface area contributed by atoms with Crippen LogP contribution >= 0.6 is 0 Å². The summed E-state index contributed by atoms with van der Waals surface area (Å²) in [5, 5.41) is 0. The second-order valence-electron chi connectivity index (χ2n) is 2.82. The van der Waals surface area contributed by atoms with Gasteiger partial charge in [-0.2, -0.15) is 0 Å². The predicted octanol–water partition coefficient (Wildman–Crippen LogP) is -0.0185. The predicted molar refractivity (Wildman–Crippen MR) is 60.2 cm³/mol. The van der Waals surface area contributed by atoms with Gasteiger partial charge in [0.05, 0.1) is 0 Å². The molecule has 0 heterocycles. The molecule has 0 fully saturated rings. The molecule has 0 aliphatic rings. The molecular weight excluding hydrogens is 165 g/mol. The fourth-order valence-corrected chi connectivity index (χ4v) is 1.24. The van der Waals surface area contributed by atoms with E-state index in [0.717, 1.165) is 13.1 Å². The molecule has 1 aromatic rings. The van der Waals surface area contributed by atoms with Crippen molar-refractivity contribution in [3.05, 3.63) is 55.6 Å². The van der Waals surface area contributed by atoms with Crippen LogP contribution in [0.2, 0.25) is 0 Å². The third-order valence-electron chi connectivity index (χ3n) is 1.82. The number of benzene rings is 1. The Morgan fingerprint density at radius 3 is 2.00 bits per heavy atom. The molecule has 0 aliphatic heterocycles. The Morgan fingerprint density at radius 2 is 1.57 bits per heavy atom. The average molecular weight is 181 g/mol. The fraction of sp³-hybridized carbons (Fsp3) is 0.167. The zero-order chi connectivity index (χ0) is 9.52. The van der Waals surface area contributed by atoms with Gasteiger partial charge >= 0.3 is 18.9 Å². The number of nitrogens with zero attached hydrogens (tertiary/aromatic N) is 1. The van der Waals surface area contributed by atoms with Gasteiger partial charge in [-0.3, -0.25) is 0 Å². The van der Waals surface area contributed by atoms with Gasteiger partial charge in [0.15, 0.2) is 0 Å². The van der Waals surface area contributed by atoms with E-state index in [1.807, 2.05) is 30.4 Å². The minimum absolute atomic E-state index is 0. The van der Waals surface area contributed by atoms with E-state index in [1.165, 1.54) is 5.69 Å². The second kappa shape index (κ2) is 7.50. The van der Waals surface area contributed by atoms with Crippen molar-refractivity contribution in [2.45, 2.75) is 0 Å². The van der Waals surface area contributed by atoms with E-state index in [0.29, 0.717) is 0 Å². The van der Waals surface area contributed by atoms with Gasteiger partial charge in [-0.1, -0.05) is 30.4 Å². The van der Waals surface area contributed by atoms with Crippen LogP contribution in [-0.4, -0.2) is 13.1 Å². The normalized spacial score (nSPS) is 8.57. The maximum absolute atomic E-state index is 3.73. The summed E-state index contributed by atoms with van der Waals surface area (Å²) in [5.74, 6) is 0. The van der Waals surface area contributed by atoms with Crippen molar-refractivity contribution >= 4 is 5.69 Å². The molecule has 0 spiro atoms. The number of rotatable bonds is 5. The molecule has 0 saturated heterocycles. The Kier molecular flexibility index (Phi) is 7.01. The van der Waals surface area contributed by atoms with Gasteiger partial charge < -0.3 is 6.33 Å². The van der Waals surface area contributed by atoms with E-state index < -0.39 is 0 Å². The molecule has 0 saturated carbocycles. The molecule has 0 radical (unpaired) electrons. The summed E-state index contributed by atoms with van der Waals surface area (Å²) in [7, 11) is 0. The van der Waals surface area contributed by atoms with Crippen LogP contribution < -0.4 is 23.8 Å². The molecule has 0 aromatic heterocycles. The second-order valence-corrected chi connectivity index (χ2v) is 2.82. The van der Waals surface area contributed by atoms with Gasteiger partial charge in [0.1, 0.15) is 0 Å². The molecule has 1 aromatic carbocycles. The van der Waals surface area contributed by atoms with Gasteiger partial charge in [0.25, 0.3) is 0 Å². The van der Waals surface area contributed by atoms with E-state index >= 15 is 0 Å². The molecule has 0 unspecified atom stereocenters. The van der Waals surface area contributed by atoms with Crippen molar-refractivity contribution < 1.29 is 20.3 Å². The quantitative estimate of drug-likeness (QED) is 0.456. The Bertz CT molecular complexity index is 264. The maximum Gasteiger partial charge on any atom is 1.00 e. The molecule has 14 heavy (non-hydrogen) atoms. The molecular formula is C12H16LiN. The largest absolute Gasteiger partial charge is 1.00 e. The maximum atomic E-state index is 3.73. The van der Waals surface area contributed by atoms with Crippen molar-refractivity contribution in [1.29, 1.82) is 0 Å². The van der Waals surface area contributed by atoms with Crippen LogP contribution in [-0.2, 0) is 0 Å². The van der Waals surface area contributed by atoms with Crippen LogP contribution in [0.4, 0.5) is 5.69 Å². The molecule has 0 atom stereocenters. The molecule has 0 aliphatic carbocycles.